The Morgan fingerprint density at radius 1 is 1.00 bits per heavy atom. The normalized spacial score (nSPS) is 43.8. The van der Waals surface area contributed by atoms with Crippen LogP contribution in [0.2, 0.25) is 0 Å². The van der Waals surface area contributed by atoms with Crippen LogP contribution < -0.4 is 9.47 Å². The molecule has 3 nitrogen and oxygen atoms in total. The second kappa shape index (κ2) is 6.50. The molecule has 0 N–H and O–H groups in total. The highest BCUT2D eigenvalue weighted by molar-refractivity contribution is 5.62. The van der Waals surface area contributed by atoms with Gasteiger partial charge in [-0.05, 0) is 98.3 Å². The highest BCUT2D eigenvalue weighted by Crippen LogP contribution is 2.70. The van der Waals surface area contributed by atoms with Crippen LogP contribution in [0.15, 0.2) is 18.2 Å². The van der Waals surface area contributed by atoms with Crippen LogP contribution in [0, 0.1) is 34.0 Å². The summed E-state index contributed by atoms with van der Waals surface area (Å²) in [4.78, 5) is 12.9. The second-order valence-corrected chi connectivity index (χ2v) is 11.9. The zero-order valence-electron chi connectivity index (χ0n) is 19.4. The van der Waals surface area contributed by atoms with Gasteiger partial charge in [0.1, 0.15) is 23.4 Å². The van der Waals surface area contributed by atoms with Crippen LogP contribution in [0.25, 0.3) is 0 Å². The number of aldehydes is 1. The van der Waals surface area contributed by atoms with Crippen molar-refractivity contribution < 1.29 is 14.3 Å². The van der Waals surface area contributed by atoms with Crippen molar-refractivity contribution in [2.24, 2.45) is 34.0 Å². The minimum Gasteiger partial charge on any atom is -0.497 e. The molecule has 0 unspecified atom stereocenters. The number of ether oxygens (including phenoxy) is 2. The van der Waals surface area contributed by atoms with Crippen molar-refractivity contribution in [3.05, 3.63) is 23.8 Å². The van der Waals surface area contributed by atoms with Crippen molar-refractivity contribution in [2.45, 2.75) is 84.7 Å². The van der Waals surface area contributed by atoms with Gasteiger partial charge in [-0.3, -0.25) is 0 Å². The highest BCUT2D eigenvalue weighted by Gasteiger charge is 2.67. The molecule has 1 aromatic rings. The largest absolute Gasteiger partial charge is 0.497 e. The molecule has 0 bridgehead atoms. The van der Waals surface area contributed by atoms with Gasteiger partial charge in [0.05, 0.1) is 7.11 Å². The van der Waals surface area contributed by atoms with E-state index in [1.807, 2.05) is 6.07 Å². The average molecular weight is 411 g/mol. The third-order valence-electron chi connectivity index (χ3n) is 10.2. The molecule has 0 spiro atoms. The van der Waals surface area contributed by atoms with E-state index in [1.165, 1.54) is 37.5 Å². The van der Waals surface area contributed by atoms with Crippen LogP contribution in [0.5, 0.6) is 11.5 Å². The molecule has 164 valence electrons. The summed E-state index contributed by atoms with van der Waals surface area (Å²) < 4.78 is 12.2. The van der Waals surface area contributed by atoms with Crippen LogP contribution in [-0.4, -0.2) is 19.0 Å². The van der Waals surface area contributed by atoms with E-state index in [0.717, 1.165) is 37.2 Å². The summed E-state index contributed by atoms with van der Waals surface area (Å²) in [5.74, 6) is 3.35. The molecule has 0 radical (unpaired) electrons. The number of carbonyl (C=O) groups excluding carboxylic acids is 1. The highest BCUT2D eigenvalue weighted by atomic mass is 16.5. The van der Waals surface area contributed by atoms with Gasteiger partial charge in [-0.2, -0.15) is 0 Å². The molecule has 1 aromatic carbocycles. The molecule has 1 aliphatic heterocycles. The van der Waals surface area contributed by atoms with Gasteiger partial charge in [0.2, 0.25) is 0 Å². The summed E-state index contributed by atoms with van der Waals surface area (Å²) >= 11 is 0. The zero-order chi connectivity index (χ0) is 21.4. The minimum absolute atomic E-state index is 0.137. The number of benzene rings is 1. The topological polar surface area (TPSA) is 35.5 Å². The van der Waals surface area contributed by atoms with Crippen molar-refractivity contribution >= 4 is 6.29 Å². The summed E-state index contributed by atoms with van der Waals surface area (Å²) in [5, 5.41) is 0. The smallest absolute Gasteiger partial charge is 0.126 e. The van der Waals surface area contributed by atoms with Crippen LogP contribution >= 0.6 is 0 Å². The van der Waals surface area contributed by atoms with Gasteiger partial charge in [0, 0.05) is 11.3 Å². The SMILES string of the molecule is COc1ccc2c(c1)C[C@H]1[C@]3(C)CC[C@H]4C(C)(C)CCC[C@]4(C=O)[C@H]3CC[C@]1(C)O2. The maximum Gasteiger partial charge on any atom is 0.126 e. The van der Waals surface area contributed by atoms with Crippen molar-refractivity contribution in [1.29, 1.82) is 0 Å². The Hall–Kier alpha value is -1.51. The predicted molar refractivity (Wildman–Crippen MR) is 119 cm³/mol. The standard InChI is InChI=1S/C27H38O3/c1-24(2)11-6-12-27(17-28)21(24)9-13-25(3)22(27)10-14-26(4)23(25)16-18-15-19(29-5)7-8-20(18)30-26/h7-8,15,17,21-23H,6,9-14,16H2,1-5H3/t21-,22-,23-,25+,26-,27+/m0/s1. The summed E-state index contributed by atoms with van der Waals surface area (Å²) in [6.07, 6.45) is 10.5. The molecule has 0 saturated heterocycles. The number of fused-ring (bicyclic) bond motifs is 6. The quantitative estimate of drug-likeness (QED) is 0.542. The first-order valence-electron chi connectivity index (χ1n) is 12.0. The van der Waals surface area contributed by atoms with E-state index in [-0.39, 0.29) is 21.8 Å². The Kier molecular flexibility index (Phi) is 4.42. The van der Waals surface area contributed by atoms with Gasteiger partial charge < -0.3 is 14.3 Å². The van der Waals surface area contributed by atoms with E-state index in [9.17, 15) is 4.79 Å². The van der Waals surface area contributed by atoms with Crippen LogP contribution in [0.3, 0.4) is 0 Å². The van der Waals surface area contributed by atoms with Crippen LogP contribution in [-0.2, 0) is 11.2 Å². The lowest BCUT2D eigenvalue weighted by Crippen LogP contribution is -2.66. The molecule has 5 rings (SSSR count). The van der Waals surface area contributed by atoms with Crippen molar-refractivity contribution in [2.75, 3.05) is 7.11 Å². The molecule has 3 heteroatoms. The van der Waals surface area contributed by atoms with Gasteiger partial charge in [-0.25, -0.2) is 0 Å². The van der Waals surface area contributed by atoms with Gasteiger partial charge in [-0.1, -0.05) is 27.2 Å². The summed E-state index contributed by atoms with van der Waals surface area (Å²) in [6, 6.07) is 6.25. The summed E-state index contributed by atoms with van der Waals surface area (Å²) in [5.41, 5.74) is 1.38. The zero-order valence-corrected chi connectivity index (χ0v) is 19.4. The van der Waals surface area contributed by atoms with Crippen molar-refractivity contribution in [3.8, 4) is 11.5 Å². The van der Waals surface area contributed by atoms with Gasteiger partial charge in [0.25, 0.3) is 0 Å². The fourth-order valence-electron chi connectivity index (χ4n) is 8.77. The maximum atomic E-state index is 12.9. The lowest BCUT2D eigenvalue weighted by Gasteiger charge is -2.67. The lowest BCUT2D eigenvalue weighted by molar-refractivity contribution is -0.206. The summed E-state index contributed by atoms with van der Waals surface area (Å²) in [7, 11) is 1.73. The maximum absolute atomic E-state index is 12.9. The third-order valence-corrected chi connectivity index (χ3v) is 10.2. The Morgan fingerprint density at radius 2 is 1.77 bits per heavy atom. The first-order chi connectivity index (χ1) is 14.2. The van der Waals surface area contributed by atoms with Gasteiger partial charge >= 0.3 is 0 Å². The van der Waals surface area contributed by atoms with E-state index in [4.69, 9.17) is 9.47 Å². The number of carbonyl (C=O) groups is 1. The van der Waals surface area contributed by atoms with Crippen LogP contribution in [0.1, 0.15) is 78.2 Å². The molecule has 3 saturated carbocycles. The van der Waals surface area contributed by atoms with E-state index < -0.39 is 0 Å². The summed E-state index contributed by atoms with van der Waals surface area (Å²) in [6.45, 7) is 9.65. The van der Waals surface area contributed by atoms with Crippen molar-refractivity contribution in [1.82, 2.24) is 0 Å². The number of hydrogen-bond acceptors (Lipinski definition) is 3. The molecular weight excluding hydrogens is 372 g/mol. The van der Waals surface area contributed by atoms with E-state index >= 15 is 0 Å². The molecule has 4 aliphatic rings. The molecule has 6 atom stereocenters. The lowest BCUT2D eigenvalue weighted by atomic mass is 9.37. The van der Waals surface area contributed by atoms with Crippen molar-refractivity contribution in [3.63, 3.8) is 0 Å². The Morgan fingerprint density at radius 3 is 2.50 bits per heavy atom. The van der Waals surface area contributed by atoms with E-state index in [0.29, 0.717) is 17.8 Å². The molecule has 30 heavy (non-hydrogen) atoms. The van der Waals surface area contributed by atoms with E-state index in [1.54, 1.807) is 7.11 Å². The molecule has 0 amide bonds. The first kappa shape index (κ1) is 20.4. The fourth-order valence-corrected chi connectivity index (χ4v) is 8.77. The minimum atomic E-state index is -0.148. The fraction of sp³-hybridized carbons (Fsp3) is 0.741. The Labute approximate surface area is 181 Å². The molecule has 3 aliphatic carbocycles. The average Bonchev–Trinajstić information content (AvgIpc) is 2.71. The van der Waals surface area contributed by atoms with Crippen LogP contribution in [0.4, 0.5) is 0 Å². The number of rotatable bonds is 2. The monoisotopic (exact) mass is 410 g/mol. The first-order valence-corrected chi connectivity index (χ1v) is 12.0. The van der Waals surface area contributed by atoms with Gasteiger partial charge in [0.15, 0.2) is 0 Å². The van der Waals surface area contributed by atoms with E-state index in [2.05, 4.69) is 39.8 Å². The molecule has 3 fully saturated rings. The number of methoxy groups -OCH3 is 1. The Balaban J connectivity index is 1.57. The van der Waals surface area contributed by atoms with Gasteiger partial charge in [-0.15, -0.1) is 0 Å². The third kappa shape index (κ3) is 2.59. The molecular formula is C27H38O3. The number of hydrogen-bond donors (Lipinski definition) is 0. The molecule has 1 heterocycles. The molecule has 0 aromatic heterocycles. The Bertz CT molecular complexity index is 860. The second-order valence-electron chi connectivity index (χ2n) is 11.9. The predicted octanol–water partition coefficient (Wildman–Crippen LogP) is 6.23.